The SMILES string of the molecule is c1ccc(-c2ccc3oc4cccc(Nc5cccc6sc7ccc(-c8ccccc8)cc7c56)c4c3c2)cc1. The average Bonchev–Trinajstić information content (AvgIpc) is 3.56. The lowest BCUT2D eigenvalue weighted by Gasteiger charge is -2.10. The third-order valence-corrected chi connectivity index (χ3v) is 8.61. The van der Waals surface area contributed by atoms with Gasteiger partial charge in [0, 0.05) is 31.2 Å². The fourth-order valence-electron chi connectivity index (χ4n) is 5.63. The van der Waals surface area contributed by atoms with Crippen LogP contribution in [-0.2, 0) is 0 Å². The first-order valence-electron chi connectivity index (χ1n) is 13.1. The van der Waals surface area contributed by atoms with Gasteiger partial charge in [-0.2, -0.15) is 0 Å². The van der Waals surface area contributed by atoms with E-state index in [4.69, 9.17) is 4.42 Å². The molecule has 0 aliphatic heterocycles. The summed E-state index contributed by atoms with van der Waals surface area (Å²) in [6.07, 6.45) is 0. The Hall–Kier alpha value is -4.86. The Morgan fingerprint density at radius 2 is 1.08 bits per heavy atom. The minimum atomic E-state index is 0.883. The summed E-state index contributed by atoms with van der Waals surface area (Å²) in [5.74, 6) is 0. The fraction of sp³-hybridized carbons (Fsp3) is 0. The molecule has 0 amide bonds. The highest BCUT2D eigenvalue weighted by Crippen LogP contribution is 2.43. The van der Waals surface area contributed by atoms with Crippen LogP contribution in [-0.4, -0.2) is 0 Å². The number of anilines is 2. The quantitative estimate of drug-likeness (QED) is 0.251. The molecule has 0 atom stereocenters. The summed E-state index contributed by atoms with van der Waals surface area (Å²) >= 11 is 1.84. The number of nitrogens with one attached hydrogen (secondary N) is 1. The van der Waals surface area contributed by atoms with E-state index in [-0.39, 0.29) is 0 Å². The summed E-state index contributed by atoms with van der Waals surface area (Å²) in [5.41, 5.74) is 8.76. The highest BCUT2D eigenvalue weighted by molar-refractivity contribution is 7.26. The van der Waals surface area contributed by atoms with E-state index in [1.165, 1.54) is 42.4 Å². The predicted octanol–water partition coefficient (Wildman–Crippen LogP) is 11.0. The maximum Gasteiger partial charge on any atom is 0.137 e. The van der Waals surface area contributed by atoms with E-state index >= 15 is 0 Å². The van der Waals surface area contributed by atoms with Crippen LogP contribution >= 0.6 is 11.3 Å². The van der Waals surface area contributed by atoms with Gasteiger partial charge in [-0.25, -0.2) is 0 Å². The molecule has 0 aliphatic carbocycles. The van der Waals surface area contributed by atoms with E-state index in [0.717, 1.165) is 33.3 Å². The van der Waals surface area contributed by atoms with Crippen molar-refractivity contribution < 1.29 is 4.42 Å². The molecule has 0 radical (unpaired) electrons. The highest BCUT2D eigenvalue weighted by atomic mass is 32.1. The van der Waals surface area contributed by atoms with Crippen LogP contribution in [0.2, 0.25) is 0 Å². The predicted molar refractivity (Wildman–Crippen MR) is 167 cm³/mol. The van der Waals surface area contributed by atoms with Crippen LogP contribution in [0.3, 0.4) is 0 Å². The summed E-state index contributed by atoms with van der Waals surface area (Å²) in [7, 11) is 0. The van der Waals surface area contributed by atoms with Gasteiger partial charge in [-0.15, -0.1) is 11.3 Å². The fourth-order valence-corrected chi connectivity index (χ4v) is 6.74. The standard InChI is InChI=1S/C36H23NOS/c1-3-9-23(10-4-1)25-17-19-31-27(21-25)35-29(13-7-15-32(35)38-31)37-30-14-8-16-34-36(30)28-22-26(18-20-33(28)39-34)24-11-5-2-6-12-24/h1-22,37H. The van der Waals surface area contributed by atoms with Crippen molar-refractivity contribution in [1.29, 1.82) is 0 Å². The first kappa shape index (κ1) is 22.2. The number of thiophene rings is 1. The van der Waals surface area contributed by atoms with Crippen molar-refractivity contribution in [3.63, 3.8) is 0 Å². The lowest BCUT2D eigenvalue weighted by Crippen LogP contribution is -1.91. The lowest BCUT2D eigenvalue weighted by atomic mass is 10.0. The first-order chi connectivity index (χ1) is 19.3. The Morgan fingerprint density at radius 1 is 0.436 bits per heavy atom. The van der Waals surface area contributed by atoms with Gasteiger partial charge in [0.15, 0.2) is 0 Å². The van der Waals surface area contributed by atoms with Gasteiger partial charge in [-0.3, -0.25) is 0 Å². The second-order valence-corrected chi connectivity index (χ2v) is 10.9. The van der Waals surface area contributed by atoms with E-state index in [9.17, 15) is 0 Å². The summed E-state index contributed by atoms with van der Waals surface area (Å²) < 4.78 is 8.86. The van der Waals surface area contributed by atoms with Crippen molar-refractivity contribution in [3.8, 4) is 22.3 Å². The zero-order valence-electron chi connectivity index (χ0n) is 21.0. The zero-order valence-corrected chi connectivity index (χ0v) is 21.8. The number of rotatable bonds is 4. The largest absolute Gasteiger partial charge is 0.456 e. The van der Waals surface area contributed by atoms with E-state index in [0.29, 0.717) is 0 Å². The number of hydrogen-bond acceptors (Lipinski definition) is 3. The van der Waals surface area contributed by atoms with Crippen LogP contribution in [0.25, 0.3) is 64.4 Å². The van der Waals surface area contributed by atoms with Crippen LogP contribution in [0.4, 0.5) is 11.4 Å². The van der Waals surface area contributed by atoms with Gasteiger partial charge in [0.1, 0.15) is 11.2 Å². The molecule has 0 saturated heterocycles. The van der Waals surface area contributed by atoms with E-state index in [2.05, 4.69) is 139 Å². The van der Waals surface area contributed by atoms with Crippen molar-refractivity contribution in [1.82, 2.24) is 0 Å². The van der Waals surface area contributed by atoms with Gasteiger partial charge >= 0.3 is 0 Å². The summed E-state index contributed by atoms with van der Waals surface area (Å²) in [5, 5.41) is 8.56. The molecule has 0 saturated carbocycles. The van der Waals surface area contributed by atoms with Crippen molar-refractivity contribution >= 4 is 64.8 Å². The molecule has 0 bridgehead atoms. The third kappa shape index (κ3) is 3.70. The van der Waals surface area contributed by atoms with Crippen molar-refractivity contribution in [3.05, 3.63) is 133 Å². The Labute approximate surface area is 229 Å². The molecule has 3 heteroatoms. The van der Waals surface area contributed by atoms with Crippen molar-refractivity contribution in [2.24, 2.45) is 0 Å². The molecular weight excluding hydrogens is 494 g/mol. The highest BCUT2D eigenvalue weighted by Gasteiger charge is 2.15. The molecule has 2 nitrogen and oxygen atoms in total. The molecule has 2 heterocycles. The number of hydrogen-bond donors (Lipinski definition) is 1. The molecular formula is C36H23NOS. The zero-order chi connectivity index (χ0) is 25.8. The molecule has 2 aromatic heterocycles. The Kier molecular flexibility index (Phi) is 5.04. The molecule has 184 valence electrons. The average molecular weight is 518 g/mol. The second-order valence-electron chi connectivity index (χ2n) is 9.84. The molecule has 0 fully saturated rings. The van der Waals surface area contributed by atoms with Crippen LogP contribution in [0.15, 0.2) is 138 Å². The Balaban J connectivity index is 1.30. The van der Waals surface area contributed by atoms with Gasteiger partial charge in [0.05, 0.1) is 11.1 Å². The van der Waals surface area contributed by atoms with Crippen LogP contribution in [0.5, 0.6) is 0 Å². The summed E-state index contributed by atoms with van der Waals surface area (Å²) in [6, 6.07) is 47.2. The lowest BCUT2D eigenvalue weighted by molar-refractivity contribution is 0.669. The Morgan fingerprint density at radius 3 is 1.82 bits per heavy atom. The maximum atomic E-state index is 6.29. The smallest absolute Gasteiger partial charge is 0.137 e. The number of fused-ring (bicyclic) bond motifs is 6. The van der Waals surface area contributed by atoms with Crippen molar-refractivity contribution in [2.45, 2.75) is 0 Å². The van der Waals surface area contributed by atoms with E-state index in [1.54, 1.807) is 0 Å². The summed E-state index contributed by atoms with van der Waals surface area (Å²) in [4.78, 5) is 0. The third-order valence-electron chi connectivity index (χ3n) is 7.47. The van der Waals surface area contributed by atoms with E-state index in [1.807, 2.05) is 11.3 Å². The molecule has 0 spiro atoms. The molecule has 8 rings (SSSR count). The van der Waals surface area contributed by atoms with Gasteiger partial charge in [0.25, 0.3) is 0 Å². The molecule has 0 aliphatic rings. The van der Waals surface area contributed by atoms with Crippen LogP contribution in [0, 0.1) is 0 Å². The topological polar surface area (TPSA) is 25.2 Å². The molecule has 39 heavy (non-hydrogen) atoms. The number of benzene rings is 6. The minimum absolute atomic E-state index is 0.883. The molecule has 1 N–H and O–H groups in total. The molecule has 8 aromatic rings. The van der Waals surface area contributed by atoms with Gasteiger partial charge in [-0.05, 0) is 70.8 Å². The first-order valence-corrected chi connectivity index (χ1v) is 13.9. The summed E-state index contributed by atoms with van der Waals surface area (Å²) in [6.45, 7) is 0. The van der Waals surface area contributed by atoms with Gasteiger partial charge in [-0.1, -0.05) is 84.9 Å². The number of furan rings is 1. The Bertz CT molecular complexity index is 1980. The van der Waals surface area contributed by atoms with E-state index < -0.39 is 0 Å². The second kappa shape index (κ2) is 8.87. The van der Waals surface area contributed by atoms with Crippen LogP contribution < -0.4 is 5.32 Å². The minimum Gasteiger partial charge on any atom is -0.456 e. The molecule has 0 unspecified atom stereocenters. The van der Waals surface area contributed by atoms with Crippen LogP contribution in [0.1, 0.15) is 0 Å². The molecule has 6 aromatic carbocycles. The van der Waals surface area contributed by atoms with Gasteiger partial charge < -0.3 is 9.73 Å². The van der Waals surface area contributed by atoms with Crippen molar-refractivity contribution in [2.75, 3.05) is 5.32 Å². The van der Waals surface area contributed by atoms with Gasteiger partial charge in [0.2, 0.25) is 0 Å². The monoisotopic (exact) mass is 517 g/mol. The normalized spacial score (nSPS) is 11.6. The maximum absolute atomic E-state index is 6.29.